The minimum absolute atomic E-state index is 0.0248. The van der Waals surface area contributed by atoms with Crippen LogP contribution in [0.15, 0.2) is 64.3 Å². The third kappa shape index (κ3) is 4.10. The fourth-order valence-corrected chi connectivity index (χ4v) is 9.92. The first-order valence-electron chi connectivity index (χ1n) is 15.6. The molecule has 0 bridgehead atoms. The lowest BCUT2D eigenvalue weighted by Gasteiger charge is -2.59. The Balaban J connectivity index is 0.00000119. The fraction of sp³-hybridized carbons (Fsp3) is 0.459. The van der Waals surface area contributed by atoms with Gasteiger partial charge < -0.3 is 19.2 Å². The Morgan fingerprint density at radius 1 is 1.09 bits per heavy atom. The lowest BCUT2D eigenvalue weighted by Crippen LogP contribution is -2.65. The molecule has 1 aromatic heterocycles. The Morgan fingerprint density at radius 3 is 2.43 bits per heavy atom. The van der Waals surface area contributed by atoms with Crippen molar-refractivity contribution in [3.05, 3.63) is 71.0 Å². The minimum Gasteiger partial charge on any atom is -0.464 e. The van der Waals surface area contributed by atoms with Crippen LogP contribution in [0.2, 0.25) is 0 Å². The molecule has 1 amide bonds. The van der Waals surface area contributed by atoms with Crippen molar-refractivity contribution in [1.82, 2.24) is 5.32 Å². The number of carbonyl (C=O) groups is 3. The summed E-state index contributed by atoms with van der Waals surface area (Å²) in [5, 5.41) is 2.69. The van der Waals surface area contributed by atoms with Gasteiger partial charge in [0.25, 0.3) is 5.91 Å². The molecule has 9 nitrogen and oxygen atoms in total. The number of terminal acetylenes is 1. The summed E-state index contributed by atoms with van der Waals surface area (Å²) < 4.78 is 19.1. The number of carbonyl (C=O) groups excluding carboxylic acids is 5. The first-order chi connectivity index (χ1) is 21.9. The molecular weight excluding hydrogens is 586 g/mol. The molecule has 3 aliphatic carbocycles. The van der Waals surface area contributed by atoms with Crippen LogP contribution in [-0.4, -0.2) is 48.7 Å². The highest BCUT2D eigenvalue weighted by Gasteiger charge is 2.77. The molecule has 9 heteroatoms. The molecule has 5 aliphatic rings. The Hall–Kier alpha value is -4.51. The van der Waals surface area contributed by atoms with E-state index in [1.165, 1.54) is 11.1 Å². The molecule has 0 unspecified atom stereocenters. The van der Waals surface area contributed by atoms with Crippen LogP contribution in [0.3, 0.4) is 0 Å². The zero-order valence-electron chi connectivity index (χ0n) is 26.5. The molecule has 238 valence electrons. The summed E-state index contributed by atoms with van der Waals surface area (Å²) in [4.78, 5) is 55.7. The molecule has 2 saturated heterocycles. The molecule has 1 N–H and O–H groups in total. The minimum atomic E-state index is -0.835. The molecule has 3 heterocycles. The van der Waals surface area contributed by atoms with Crippen molar-refractivity contribution in [3.63, 3.8) is 0 Å². The maximum atomic E-state index is 13.8. The number of ketones is 1. The summed E-state index contributed by atoms with van der Waals surface area (Å²) >= 11 is 0. The largest absolute Gasteiger partial charge is 0.464 e. The number of hydrogen-bond donors (Lipinski definition) is 1. The van der Waals surface area contributed by atoms with Gasteiger partial charge in [0, 0.05) is 39.4 Å². The van der Waals surface area contributed by atoms with E-state index in [0.717, 1.165) is 29.7 Å². The van der Waals surface area contributed by atoms with E-state index in [4.69, 9.17) is 29.9 Å². The fourth-order valence-electron chi connectivity index (χ4n) is 9.92. The van der Waals surface area contributed by atoms with E-state index in [1.807, 2.05) is 25.1 Å². The standard InChI is InChI=1S/C36H37NO6.CO2/c1-7-16-37-32(39)21-11-9-20(10-12-21)28-22(14-17-41-28)23-18-24-27(19(23)3)36(6)25(8-2)35(5)26(38)13-15-34(4)30(35)29(31(36)42-24)43-33(34)40;2-1-3/h1,9-15,17,23-25,29-31H,8,16,18H2,2-6H3,(H,37,39);/t23-,24-,25-,29-,30+,31-,34-,35+,36-;/m1./s1. The van der Waals surface area contributed by atoms with Crippen LogP contribution in [0, 0.1) is 40.4 Å². The smallest absolute Gasteiger partial charge is 0.373 e. The molecule has 3 fully saturated rings. The highest BCUT2D eigenvalue weighted by atomic mass is 16.6. The van der Waals surface area contributed by atoms with Crippen LogP contribution in [0.5, 0.6) is 0 Å². The van der Waals surface area contributed by atoms with Crippen LogP contribution in [0.4, 0.5) is 0 Å². The van der Waals surface area contributed by atoms with Gasteiger partial charge in [-0.1, -0.05) is 56.9 Å². The van der Waals surface area contributed by atoms with Gasteiger partial charge in [-0.25, -0.2) is 0 Å². The van der Waals surface area contributed by atoms with E-state index in [9.17, 15) is 14.4 Å². The van der Waals surface area contributed by atoms with E-state index in [0.29, 0.717) is 5.56 Å². The zero-order chi connectivity index (χ0) is 33.2. The number of amides is 1. The second-order valence-corrected chi connectivity index (χ2v) is 13.5. The quantitative estimate of drug-likeness (QED) is 0.279. The maximum Gasteiger partial charge on any atom is 0.373 e. The number of rotatable bonds is 5. The monoisotopic (exact) mass is 623 g/mol. The molecule has 1 aromatic carbocycles. The van der Waals surface area contributed by atoms with Crippen LogP contribution >= 0.6 is 0 Å². The number of hydrogen-bond acceptors (Lipinski definition) is 8. The number of furan rings is 1. The number of nitrogens with one attached hydrogen (secondary N) is 1. The van der Waals surface area contributed by atoms with Crippen LogP contribution in [0.1, 0.15) is 69.3 Å². The number of esters is 1. The second kappa shape index (κ2) is 11.1. The van der Waals surface area contributed by atoms with Gasteiger partial charge in [-0.15, -0.1) is 6.42 Å². The van der Waals surface area contributed by atoms with E-state index in [-0.39, 0.29) is 60.3 Å². The average Bonchev–Trinajstić information content (AvgIpc) is 3.77. The molecule has 46 heavy (non-hydrogen) atoms. The van der Waals surface area contributed by atoms with Gasteiger partial charge in [-0.05, 0) is 56.0 Å². The molecular formula is C37H37NO8. The Morgan fingerprint density at radius 2 is 1.78 bits per heavy atom. The molecule has 0 spiro atoms. The Kier molecular flexibility index (Phi) is 7.58. The number of allylic oxidation sites excluding steroid dienone is 2. The molecule has 2 aliphatic heterocycles. The topological polar surface area (TPSA) is 129 Å². The van der Waals surface area contributed by atoms with Gasteiger partial charge in [-0.3, -0.25) is 14.4 Å². The summed E-state index contributed by atoms with van der Waals surface area (Å²) in [5.74, 6) is 2.55. The number of benzene rings is 1. The van der Waals surface area contributed by atoms with Gasteiger partial charge in [-0.2, -0.15) is 9.59 Å². The molecule has 7 rings (SSSR count). The van der Waals surface area contributed by atoms with Gasteiger partial charge in [0.05, 0.1) is 24.3 Å². The highest BCUT2D eigenvalue weighted by Crippen LogP contribution is 2.72. The van der Waals surface area contributed by atoms with E-state index >= 15 is 0 Å². The third-order valence-electron chi connectivity index (χ3n) is 11.6. The predicted octanol–water partition coefficient (Wildman–Crippen LogP) is 5.04. The van der Waals surface area contributed by atoms with Crippen molar-refractivity contribution in [2.45, 2.75) is 71.7 Å². The summed E-state index contributed by atoms with van der Waals surface area (Å²) in [5.41, 5.74) is 2.89. The maximum absolute atomic E-state index is 13.8. The average molecular weight is 624 g/mol. The summed E-state index contributed by atoms with van der Waals surface area (Å²) in [6.45, 7) is 10.7. The van der Waals surface area contributed by atoms with Crippen LogP contribution in [-0.2, 0) is 28.7 Å². The normalized spacial score (nSPS) is 36.4. The predicted molar refractivity (Wildman–Crippen MR) is 165 cm³/mol. The van der Waals surface area contributed by atoms with Crippen LogP contribution < -0.4 is 5.32 Å². The van der Waals surface area contributed by atoms with Gasteiger partial charge >= 0.3 is 12.1 Å². The van der Waals surface area contributed by atoms with Crippen molar-refractivity contribution in [3.8, 4) is 23.7 Å². The van der Waals surface area contributed by atoms with Gasteiger partial charge in [0.15, 0.2) is 5.78 Å². The van der Waals surface area contributed by atoms with E-state index < -0.39 is 22.3 Å². The third-order valence-corrected chi connectivity index (χ3v) is 11.6. The SMILES string of the molecule is C#CCNC(=O)c1ccc(-c2occc2[C@@H]2C[C@H]3O[C@@H]4[C@@H]5OC(=O)[C@]6(C)C=CC(=O)[C@](C)([C@@H](CC)[C@]4(C)C3=C2C)[C@@H]56)cc1.O=C=O. The number of fused-ring (bicyclic) bond motifs is 4. The summed E-state index contributed by atoms with van der Waals surface area (Å²) in [7, 11) is 0. The summed E-state index contributed by atoms with van der Waals surface area (Å²) in [6, 6.07) is 9.35. The van der Waals surface area contributed by atoms with Crippen molar-refractivity contribution >= 4 is 23.8 Å². The highest BCUT2D eigenvalue weighted by molar-refractivity contribution is 6.00. The van der Waals surface area contributed by atoms with Crippen molar-refractivity contribution in [1.29, 1.82) is 0 Å². The van der Waals surface area contributed by atoms with E-state index in [1.54, 1.807) is 30.5 Å². The number of ether oxygens (including phenoxy) is 2. The molecule has 2 aromatic rings. The zero-order valence-corrected chi connectivity index (χ0v) is 26.5. The lowest BCUT2D eigenvalue weighted by atomic mass is 9.42. The molecule has 9 atom stereocenters. The first-order valence-corrected chi connectivity index (χ1v) is 15.6. The van der Waals surface area contributed by atoms with Crippen molar-refractivity contribution in [2.75, 3.05) is 6.54 Å². The van der Waals surface area contributed by atoms with Crippen molar-refractivity contribution in [2.24, 2.45) is 28.1 Å². The Labute approximate surface area is 267 Å². The first kappa shape index (κ1) is 31.5. The van der Waals surface area contributed by atoms with E-state index in [2.05, 4.69) is 38.9 Å². The van der Waals surface area contributed by atoms with Crippen LogP contribution in [0.25, 0.3) is 11.3 Å². The second-order valence-electron chi connectivity index (χ2n) is 13.5. The Bertz CT molecular complexity index is 1750. The summed E-state index contributed by atoms with van der Waals surface area (Å²) in [6.07, 6.45) is 11.2. The molecule has 0 radical (unpaired) electrons. The lowest BCUT2D eigenvalue weighted by molar-refractivity contribution is -0.191. The molecule has 1 saturated carbocycles. The van der Waals surface area contributed by atoms with Gasteiger partial charge in [0.2, 0.25) is 0 Å². The van der Waals surface area contributed by atoms with Gasteiger partial charge in [0.1, 0.15) is 18.0 Å². The van der Waals surface area contributed by atoms with Crippen molar-refractivity contribution < 1.29 is 37.9 Å².